The summed E-state index contributed by atoms with van der Waals surface area (Å²) < 4.78 is 7.41. The van der Waals surface area contributed by atoms with Crippen LogP contribution < -0.4 is 5.32 Å². The number of hydrogen-bond donors (Lipinski definition) is 1. The third-order valence-electron chi connectivity index (χ3n) is 2.73. The first-order valence-electron chi connectivity index (χ1n) is 5.54. The number of ether oxygens (including phenoxy) is 1. The molecule has 0 spiro atoms. The fraction of sp³-hybridized carbons (Fsp3) is 0.800. The second-order valence-corrected chi connectivity index (χ2v) is 5.02. The highest BCUT2D eigenvalue weighted by molar-refractivity contribution is 7.99. The highest BCUT2D eigenvalue weighted by Crippen LogP contribution is 2.23. The molecule has 0 radical (unpaired) electrons. The van der Waals surface area contributed by atoms with Crippen LogP contribution >= 0.6 is 24.2 Å². The molecule has 2 heterocycles. The number of halogens is 1. The lowest BCUT2D eigenvalue weighted by atomic mass is 10.2. The summed E-state index contributed by atoms with van der Waals surface area (Å²) in [6.07, 6.45) is 1.17. The van der Waals surface area contributed by atoms with E-state index in [0.29, 0.717) is 5.92 Å². The smallest absolute Gasteiger partial charge is 0.190 e. The third-order valence-corrected chi connectivity index (χ3v) is 3.98. The van der Waals surface area contributed by atoms with Crippen molar-refractivity contribution < 1.29 is 4.74 Å². The largest absolute Gasteiger partial charge is 0.381 e. The Balaban J connectivity index is 0.00000144. The van der Waals surface area contributed by atoms with Crippen molar-refractivity contribution in [2.75, 3.05) is 26.0 Å². The van der Waals surface area contributed by atoms with Crippen molar-refractivity contribution in [3.63, 3.8) is 0 Å². The lowest BCUT2D eigenvalue weighted by Crippen LogP contribution is -2.11. The van der Waals surface area contributed by atoms with Crippen LogP contribution in [0.5, 0.6) is 0 Å². The Hall–Kier alpha value is -0.300. The molecule has 17 heavy (non-hydrogen) atoms. The van der Waals surface area contributed by atoms with Gasteiger partial charge in [-0.3, -0.25) is 0 Å². The van der Waals surface area contributed by atoms with Crippen LogP contribution in [0.15, 0.2) is 5.16 Å². The number of hydrogen-bond acceptors (Lipinski definition) is 5. The number of aromatic nitrogens is 3. The maximum Gasteiger partial charge on any atom is 0.190 e. The van der Waals surface area contributed by atoms with E-state index in [0.717, 1.165) is 36.5 Å². The molecule has 0 amide bonds. The van der Waals surface area contributed by atoms with Gasteiger partial charge in [0.05, 0.1) is 13.2 Å². The number of nitrogens with zero attached hydrogens (tertiary/aromatic N) is 3. The molecule has 1 aromatic rings. The van der Waals surface area contributed by atoms with Gasteiger partial charge in [-0.25, -0.2) is 0 Å². The lowest BCUT2D eigenvalue weighted by molar-refractivity contribution is 0.189. The van der Waals surface area contributed by atoms with Crippen LogP contribution in [0.3, 0.4) is 0 Å². The Kier molecular flexibility index (Phi) is 6.26. The summed E-state index contributed by atoms with van der Waals surface area (Å²) in [7, 11) is 3.93. The van der Waals surface area contributed by atoms with E-state index in [1.807, 2.05) is 14.1 Å². The summed E-state index contributed by atoms with van der Waals surface area (Å²) >= 11 is 1.77. The summed E-state index contributed by atoms with van der Waals surface area (Å²) in [5, 5.41) is 12.4. The predicted molar refractivity (Wildman–Crippen MR) is 70.7 cm³/mol. The van der Waals surface area contributed by atoms with Crippen LogP contribution in [0.25, 0.3) is 0 Å². The molecule has 1 aliphatic rings. The highest BCUT2D eigenvalue weighted by atomic mass is 35.5. The normalized spacial score (nSPS) is 19.3. The van der Waals surface area contributed by atoms with Crippen molar-refractivity contribution in [3.8, 4) is 0 Å². The average Bonchev–Trinajstić information content (AvgIpc) is 2.89. The molecule has 0 bridgehead atoms. The van der Waals surface area contributed by atoms with E-state index in [4.69, 9.17) is 4.74 Å². The fourth-order valence-electron chi connectivity index (χ4n) is 1.69. The van der Waals surface area contributed by atoms with Crippen molar-refractivity contribution in [1.82, 2.24) is 20.1 Å². The molecule has 5 nitrogen and oxygen atoms in total. The summed E-state index contributed by atoms with van der Waals surface area (Å²) in [6, 6.07) is 0. The highest BCUT2D eigenvalue weighted by Gasteiger charge is 2.17. The molecule has 0 aliphatic carbocycles. The van der Waals surface area contributed by atoms with Gasteiger partial charge in [0, 0.05) is 19.4 Å². The Labute approximate surface area is 112 Å². The van der Waals surface area contributed by atoms with Crippen LogP contribution in [0.1, 0.15) is 12.2 Å². The summed E-state index contributed by atoms with van der Waals surface area (Å²) in [5.74, 6) is 2.73. The lowest BCUT2D eigenvalue weighted by Gasteiger charge is -2.06. The van der Waals surface area contributed by atoms with Crippen LogP contribution in [-0.4, -0.2) is 40.8 Å². The molecule has 1 atom stereocenters. The van der Waals surface area contributed by atoms with Gasteiger partial charge in [0.2, 0.25) is 0 Å². The minimum absolute atomic E-state index is 0. The number of thioether (sulfide) groups is 1. The Morgan fingerprint density at radius 1 is 1.53 bits per heavy atom. The molecule has 1 N–H and O–H groups in total. The van der Waals surface area contributed by atoms with Crippen LogP contribution in [-0.2, 0) is 18.3 Å². The minimum atomic E-state index is 0. The van der Waals surface area contributed by atoms with Crippen LogP contribution in [0, 0.1) is 5.92 Å². The van der Waals surface area contributed by atoms with E-state index in [2.05, 4.69) is 20.1 Å². The Morgan fingerprint density at radius 3 is 3.00 bits per heavy atom. The van der Waals surface area contributed by atoms with E-state index in [9.17, 15) is 0 Å². The molecule has 1 fully saturated rings. The zero-order chi connectivity index (χ0) is 11.4. The molecule has 0 aromatic carbocycles. The maximum absolute atomic E-state index is 5.35. The number of nitrogens with one attached hydrogen (secondary N) is 1. The van der Waals surface area contributed by atoms with Gasteiger partial charge < -0.3 is 14.6 Å². The average molecular weight is 279 g/mol. The Bertz CT molecular complexity index is 341. The van der Waals surface area contributed by atoms with Gasteiger partial charge in [-0.15, -0.1) is 22.6 Å². The molecular weight excluding hydrogens is 260 g/mol. The summed E-state index contributed by atoms with van der Waals surface area (Å²) in [5.41, 5.74) is 0. The standard InChI is InChI=1S/C10H18N4OS.ClH/c1-11-5-9-12-13-10(14(9)2)16-7-8-3-4-15-6-8;/h8,11H,3-7H2,1-2H3;1H. The SMILES string of the molecule is CNCc1nnc(SCC2CCOC2)n1C.Cl. The van der Waals surface area contributed by atoms with Crippen molar-refractivity contribution in [2.24, 2.45) is 13.0 Å². The minimum Gasteiger partial charge on any atom is -0.381 e. The monoisotopic (exact) mass is 278 g/mol. The topological polar surface area (TPSA) is 52.0 Å². The van der Waals surface area contributed by atoms with Crippen molar-refractivity contribution in [3.05, 3.63) is 5.82 Å². The van der Waals surface area contributed by atoms with Gasteiger partial charge in [0.15, 0.2) is 5.16 Å². The van der Waals surface area contributed by atoms with E-state index in [1.165, 1.54) is 6.42 Å². The van der Waals surface area contributed by atoms with Gasteiger partial charge in [-0.2, -0.15) is 0 Å². The second-order valence-electron chi connectivity index (χ2n) is 4.03. The Morgan fingerprint density at radius 2 is 2.35 bits per heavy atom. The van der Waals surface area contributed by atoms with E-state index < -0.39 is 0 Å². The molecule has 1 aromatic heterocycles. The number of rotatable bonds is 5. The van der Waals surface area contributed by atoms with Crippen molar-refractivity contribution in [2.45, 2.75) is 18.1 Å². The second kappa shape index (κ2) is 7.20. The van der Waals surface area contributed by atoms with Crippen LogP contribution in [0.2, 0.25) is 0 Å². The first-order chi connectivity index (χ1) is 7.81. The van der Waals surface area contributed by atoms with Gasteiger partial charge in [0.1, 0.15) is 5.82 Å². The molecule has 7 heteroatoms. The summed E-state index contributed by atoms with van der Waals surface area (Å²) in [6.45, 7) is 2.57. The molecule has 1 aliphatic heterocycles. The van der Waals surface area contributed by atoms with Crippen molar-refractivity contribution >= 4 is 24.2 Å². The molecular formula is C10H19ClN4OS. The van der Waals surface area contributed by atoms with E-state index in [-0.39, 0.29) is 12.4 Å². The first kappa shape index (κ1) is 14.8. The maximum atomic E-state index is 5.35. The third kappa shape index (κ3) is 3.84. The molecule has 0 saturated carbocycles. The van der Waals surface area contributed by atoms with E-state index >= 15 is 0 Å². The van der Waals surface area contributed by atoms with Gasteiger partial charge >= 0.3 is 0 Å². The first-order valence-corrected chi connectivity index (χ1v) is 6.53. The van der Waals surface area contributed by atoms with Gasteiger partial charge in [-0.1, -0.05) is 11.8 Å². The molecule has 98 valence electrons. The quantitative estimate of drug-likeness (QED) is 0.817. The molecule has 1 saturated heterocycles. The summed E-state index contributed by atoms with van der Waals surface area (Å²) in [4.78, 5) is 0. The molecule has 1 unspecified atom stereocenters. The van der Waals surface area contributed by atoms with Gasteiger partial charge in [-0.05, 0) is 19.4 Å². The zero-order valence-corrected chi connectivity index (χ0v) is 11.8. The van der Waals surface area contributed by atoms with Crippen LogP contribution in [0.4, 0.5) is 0 Å². The van der Waals surface area contributed by atoms with Gasteiger partial charge in [0.25, 0.3) is 0 Å². The molecule has 2 rings (SSSR count). The van der Waals surface area contributed by atoms with Crippen molar-refractivity contribution in [1.29, 1.82) is 0 Å². The predicted octanol–water partition coefficient (Wildman–Crippen LogP) is 1.08. The van der Waals surface area contributed by atoms with E-state index in [1.54, 1.807) is 11.8 Å². The fourth-order valence-corrected chi connectivity index (χ4v) is 2.74. The zero-order valence-electron chi connectivity index (χ0n) is 10.2.